The maximum absolute atomic E-state index is 11.7. The molecule has 0 radical (unpaired) electrons. The average molecular weight is 279 g/mol. The first kappa shape index (κ1) is 13.6. The number of imidazole rings is 1. The van der Waals surface area contributed by atoms with Gasteiger partial charge in [-0.05, 0) is 24.4 Å². The van der Waals surface area contributed by atoms with Crippen LogP contribution >= 0.6 is 12.2 Å². The highest BCUT2D eigenvalue weighted by Crippen LogP contribution is 2.21. The molecular formula is C13H17N3O2S. The third-order valence-corrected chi connectivity index (χ3v) is 3.35. The van der Waals surface area contributed by atoms with Gasteiger partial charge < -0.3 is 19.2 Å². The number of aromatic amines is 1. The summed E-state index contributed by atoms with van der Waals surface area (Å²) in [5.74, 6) is 0.855. The SMILES string of the molecule is COc1ccc2[nH]c(=S)n(CCC(=O)N(C)C)c2c1. The van der Waals surface area contributed by atoms with Crippen LogP contribution in [0.2, 0.25) is 0 Å². The number of methoxy groups -OCH3 is 1. The standard InChI is InChI=1S/C13H17N3O2S/c1-15(2)12(17)6-7-16-11-8-9(18-3)4-5-10(11)14-13(16)19/h4-5,8H,6-7H2,1-3H3,(H,14,19). The van der Waals surface area contributed by atoms with Crippen LogP contribution in [-0.2, 0) is 11.3 Å². The van der Waals surface area contributed by atoms with Gasteiger partial charge in [0.05, 0.1) is 18.1 Å². The van der Waals surface area contributed by atoms with Crippen molar-refractivity contribution in [2.24, 2.45) is 0 Å². The monoisotopic (exact) mass is 279 g/mol. The molecule has 2 rings (SSSR count). The number of amides is 1. The zero-order valence-corrected chi connectivity index (χ0v) is 12.1. The van der Waals surface area contributed by atoms with Gasteiger partial charge in [0.25, 0.3) is 0 Å². The zero-order chi connectivity index (χ0) is 14.0. The molecule has 2 aromatic rings. The Morgan fingerprint density at radius 2 is 2.21 bits per heavy atom. The minimum absolute atomic E-state index is 0.0825. The summed E-state index contributed by atoms with van der Waals surface area (Å²) < 4.78 is 7.76. The number of hydrogen-bond acceptors (Lipinski definition) is 3. The van der Waals surface area contributed by atoms with E-state index in [-0.39, 0.29) is 5.91 Å². The first-order valence-electron chi connectivity index (χ1n) is 5.99. The number of hydrogen-bond donors (Lipinski definition) is 1. The number of carbonyl (C=O) groups is 1. The van der Waals surface area contributed by atoms with E-state index in [0.717, 1.165) is 16.8 Å². The summed E-state index contributed by atoms with van der Waals surface area (Å²) in [7, 11) is 5.13. The van der Waals surface area contributed by atoms with Crippen molar-refractivity contribution < 1.29 is 9.53 Å². The van der Waals surface area contributed by atoms with E-state index in [1.54, 1.807) is 26.1 Å². The van der Waals surface area contributed by atoms with Crippen LogP contribution in [0.3, 0.4) is 0 Å². The van der Waals surface area contributed by atoms with E-state index in [1.165, 1.54) is 0 Å². The third-order valence-electron chi connectivity index (χ3n) is 3.03. The fourth-order valence-corrected chi connectivity index (χ4v) is 2.21. The van der Waals surface area contributed by atoms with Gasteiger partial charge in [0, 0.05) is 33.1 Å². The summed E-state index contributed by atoms with van der Waals surface area (Å²) in [5, 5.41) is 0. The van der Waals surface area contributed by atoms with Gasteiger partial charge in [-0.15, -0.1) is 0 Å². The van der Waals surface area contributed by atoms with Gasteiger partial charge in [-0.3, -0.25) is 4.79 Å². The van der Waals surface area contributed by atoms with Crippen LogP contribution in [0.1, 0.15) is 6.42 Å². The topological polar surface area (TPSA) is 50.3 Å². The third kappa shape index (κ3) is 2.78. The van der Waals surface area contributed by atoms with Gasteiger partial charge in [-0.25, -0.2) is 0 Å². The van der Waals surface area contributed by atoms with E-state index in [4.69, 9.17) is 17.0 Å². The molecule has 0 unspecified atom stereocenters. The summed E-state index contributed by atoms with van der Waals surface area (Å²) in [5.41, 5.74) is 1.90. The van der Waals surface area contributed by atoms with Crippen molar-refractivity contribution in [1.82, 2.24) is 14.5 Å². The summed E-state index contributed by atoms with van der Waals surface area (Å²) in [6.45, 7) is 0.559. The van der Waals surface area contributed by atoms with E-state index in [2.05, 4.69) is 4.98 Å². The smallest absolute Gasteiger partial charge is 0.223 e. The highest BCUT2D eigenvalue weighted by molar-refractivity contribution is 7.71. The van der Waals surface area contributed by atoms with Crippen molar-refractivity contribution in [3.05, 3.63) is 23.0 Å². The van der Waals surface area contributed by atoms with Crippen LogP contribution < -0.4 is 4.74 Å². The van der Waals surface area contributed by atoms with Gasteiger partial charge in [0.1, 0.15) is 5.75 Å². The first-order valence-corrected chi connectivity index (χ1v) is 6.40. The molecule has 102 valence electrons. The second-order valence-corrected chi connectivity index (χ2v) is 4.89. The molecule has 19 heavy (non-hydrogen) atoms. The van der Waals surface area contributed by atoms with Gasteiger partial charge in [-0.2, -0.15) is 0 Å². The molecule has 0 saturated carbocycles. The van der Waals surface area contributed by atoms with Gasteiger partial charge >= 0.3 is 0 Å². The zero-order valence-electron chi connectivity index (χ0n) is 11.3. The number of ether oxygens (including phenoxy) is 1. The van der Waals surface area contributed by atoms with Gasteiger partial charge in [-0.1, -0.05) is 0 Å². The second-order valence-electron chi connectivity index (χ2n) is 4.50. The van der Waals surface area contributed by atoms with Crippen LogP contribution in [-0.4, -0.2) is 41.6 Å². The predicted octanol–water partition coefficient (Wildman–Crippen LogP) is 2.19. The minimum atomic E-state index is 0.0825. The van der Waals surface area contributed by atoms with Crippen molar-refractivity contribution in [3.63, 3.8) is 0 Å². The number of aromatic nitrogens is 2. The summed E-state index contributed by atoms with van der Waals surface area (Å²) in [4.78, 5) is 16.4. The van der Waals surface area contributed by atoms with Crippen LogP contribution in [0.4, 0.5) is 0 Å². The van der Waals surface area contributed by atoms with E-state index < -0.39 is 0 Å². The van der Waals surface area contributed by atoms with E-state index in [9.17, 15) is 4.79 Å². The number of nitrogens with one attached hydrogen (secondary N) is 1. The molecule has 1 aromatic carbocycles. The van der Waals surface area contributed by atoms with Gasteiger partial charge in [0.2, 0.25) is 5.91 Å². The average Bonchev–Trinajstić information content (AvgIpc) is 2.70. The molecule has 0 aliphatic carbocycles. The van der Waals surface area contributed by atoms with Crippen LogP contribution in [0.5, 0.6) is 5.75 Å². The predicted molar refractivity (Wildman–Crippen MR) is 77.0 cm³/mol. The van der Waals surface area contributed by atoms with Crippen molar-refractivity contribution in [2.45, 2.75) is 13.0 Å². The first-order chi connectivity index (χ1) is 9.02. The van der Waals surface area contributed by atoms with Crippen molar-refractivity contribution in [1.29, 1.82) is 0 Å². The molecule has 0 atom stereocenters. The Kier molecular flexibility index (Phi) is 3.90. The molecule has 6 heteroatoms. The molecule has 0 aliphatic rings. The highest BCUT2D eigenvalue weighted by atomic mass is 32.1. The summed E-state index contributed by atoms with van der Waals surface area (Å²) >= 11 is 5.29. The molecule has 1 N–H and O–H groups in total. The normalized spacial score (nSPS) is 10.7. The Balaban J connectivity index is 2.33. The van der Waals surface area contributed by atoms with E-state index >= 15 is 0 Å². The number of rotatable bonds is 4. The molecule has 1 heterocycles. The Labute approximate surface area is 116 Å². The van der Waals surface area contributed by atoms with Crippen LogP contribution in [0, 0.1) is 4.77 Å². The molecular weight excluding hydrogens is 262 g/mol. The van der Waals surface area contributed by atoms with Crippen molar-refractivity contribution in [2.75, 3.05) is 21.2 Å². The maximum Gasteiger partial charge on any atom is 0.223 e. The lowest BCUT2D eigenvalue weighted by atomic mass is 10.3. The second kappa shape index (κ2) is 5.44. The molecule has 0 fully saturated rings. The summed E-state index contributed by atoms with van der Waals surface area (Å²) in [6.07, 6.45) is 0.422. The maximum atomic E-state index is 11.7. The van der Waals surface area contributed by atoms with Crippen LogP contribution in [0.15, 0.2) is 18.2 Å². The van der Waals surface area contributed by atoms with Crippen LogP contribution in [0.25, 0.3) is 11.0 Å². The molecule has 5 nitrogen and oxygen atoms in total. The lowest BCUT2D eigenvalue weighted by molar-refractivity contribution is -0.128. The lowest BCUT2D eigenvalue weighted by Gasteiger charge is -2.10. The number of H-pyrrole nitrogens is 1. The molecule has 0 aliphatic heterocycles. The highest BCUT2D eigenvalue weighted by Gasteiger charge is 2.09. The summed E-state index contributed by atoms with van der Waals surface area (Å²) in [6, 6.07) is 5.72. The van der Waals surface area contributed by atoms with Gasteiger partial charge in [0.15, 0.2) is 4.77 Å². The largest absolute Gasteiger partial charge is 0.497 e. The quantitative estimate of drug-likeness (QED) is 0.873. The number of aryl methyl sites for hydroxylation is 1. The van der Waals surface area contributed by atoms with E-state index in [1.807, 2.05) is 22.8 Å². The Morgan fingerprint density at radius 1 is 1.47 bits per heavy atom. The lowest BCUT2D eigenvalue weighted by Crippen LogP contribution is -2.22. The van der Waals surface area contributed by atoms with Crippen molar-refractivity contribution >= 4 is 29.2 Å². The molecule has 1 amide bonds. The number of nitrogens with zero attached hydrogens (tertiary/aromatic N) is 2. The van der Waals surface area contributed by atoms with Crippen molar-refractivity contribution in [3.8, 4) is 5.75 Å². The minimum Gasteiger partial charge on any atom is -0.497 e. The number of fused-ring (bicyclic) bond motifs is 1. The molecule has 1 aromatic heterocycles. The Bertz CT molecular complexity index is 657. The number of carbonyl (C=O) groups excluding carboxylic acids is 1. The fourth-order valence-electron chi connectivity index (χ4n) is 1.91. The molecule has 0 spiro atoms. The fraction of sp³-hybridized carbons (Fsp3) is 0.385. The Morgan fingerprint density at radius 3 is 2.84 bits per heavy atom. The number of benzene rings is 1. The Hall–Kier alpha value is -1.82. The molecule has 0 saturated heterocycles. The molecule has 0 bridgehead atoms. The van der Waals surface area contributed by atoms with E-state index in [0.29, 0.717) is 17.7 Å².